The number of benzene rings is 1. The maximum atomic E-state index is 12.3. The van der Waals surface area contributed by atoms with Crippen LogP contribution in [0, 0.1) is 0 Å². The lowest BCUT2D eigenvalue weighted by atomic mass is 9.81. The SMILES string of the molecule is CCC(=O)C[N+]1=C(/C=C2\N(C)CCN2CC)C(C)(C)c2ccccc21. The van der Waals surface area contributed by atoms with Crippen LogP contribution in [0.15, 0.2) is 36.2 Å². The molecule has 134 valence electrons. The van der Waals surface area contributed by atoms with Crippen LogP contribution >= 0.6 is 0 Å². The summed E-state index contributed by atoms with van der Waals surface area (Å²) >= 11 is 0. The fourth-order valence-corrected chi connectivity index (χ4v) is 3.94. The van der Waals surface area contributed by atoms with Gasteiger partial charge in [0, 0.05) is 50.8 Å². The van der Waals surface area contributed by atoms with Gasteiger partial charge in [0.15, 0.2) is 11.5 Å². The Hall–Kier alpha value is -2.10. The molecule has 0 atom stereocenters. The van der Waals surface area contributed by atoms with Gasteiger partial charge >= 0.3 is 0 Å². The molecule has 0 radical (unpaired) electrons. The van der Waals surface area contributed by atoms with E-state index in [1.54, 1.807) is 0 Å². The minimum Gasteiger partial charge on any atom is -0.359 e. The number of hydrogen-bond acceptors (Lipinski definition) is 3. The Morgan fingerprint density at radius 1 is 1.24 bits per heavy atom. The van der Waals surface area contributed by atoms with Gasteiger partial charge in [-0.15, -0.1) is 0 Å². The minimum absolute atomic E-state index is 0.111. The summed E-state index contributed by atoms with van der Waals surface area (Å²) in [6.07, 6.45) is 2.88. The monoisotopic (exact) mass is 340 g/mol. The van der Waals surface area contributed by atoms with E-state index < -0.39 is 0 Å². The second kappa shape index (κ2) is 6.66. The lowest BCUT2D eigenvalue weighted by molar-refractivity contribution is -0.425. The number of carbonyl (C=O) groups excluding carboxylic acids is 1. The maximum Gasteiger partial charge on any atom is 0.210 e. The zero-order valence-electron chi connectivity index (χ0n) is 16.2. The minimum atomic E-state index is -0.111. The van der Waals surface area contributed by atoms with Gasteiger partial charge < -0.3 is 9.80 Å². The number of Topliss-reactive ketones (excluding diaryl/α,β-unsaturated/α-hetero) is 1. The van der Waals surface area contributed by atoms with Gasteiger partial charge in [-0.2, -0.15) is 4.58 Å². The maximum absolute atomic E-state index is 12.3. The highest BCUT2D eigenvalue weighted by Gasteiger charge is 2.45. The number of hydrogen-bond donors (Lipinski definition) is 0. The van der Waals surface area contributed by atoms with Crippen molar-refractivity contribution in [3.63, 3.8) is 0 Å². The van der Waals surface area contributed by atoms with Gasteiger partial charge in [-0.3, -0.25) is 4.79 Å². The molecular weight excluding hydrogens is 310 g/mol. The van der Waals surface area contributed by atoms with Crippen LogP contribution < -0.4 is 0 Å². The summed E-state index contributed by atoms with van der Waals surface area (Å²) in [7, 11) is 2.15. The number of nitrogens with zero attached hydrogens (tertiary/aromatic N) is 3. The first-order valence-corrected chi connectivity index (χ1v) is 9.34. The number of para-hydroxylation sites is 1. The lowest BCUT2D eigenvalue weighted by Gasteiger charge is -2.22. The first kappa shape index (κ1) is 17.7. The van der Waals surface area contributed by atoms with Crippen molar-refractivity contribution in [2.45, 2.75) is 39.5 Å². The topological polar surface area (TPSA) is 26.6 Å². The van der Waals surface area contributed by atoms with Crippen LogP contribution in [-0.2, 0) is 10.2 Å². The highest BCUT2D eigenvalue weighted by atomic mass is 16.1. The van der Waals surface area contributed by atoms with Crippen molar-refractivity contribution < 1.29 is 9.37 Å². The lowest BCUT2D eigenvalue weighted by Crippen LogP contribution is -2.32. The van der Waals surface area contributed by atoms with E-state index in [0.29, 0.717) is 13.0 Å². The van der Waals surface area contributed by atoms with Crippen molar-refractivity contribution in [3.8, 4) is 0 Å². The molecule has 1 fully saturated rings. The molecule has 4 heteroatoms. The predicted octanol–water partition coefficient (Wildman–Crippen LogP) is 3.15. The molecule has 25 heavy (non-hydrogen) atoms. The Morgan fingerprint density at radius 2 is 1.96 bits per heavy atom. The van der Waals surface area contributed by atoms with Crippen molar-refractivity contribution in [3.05, 3.63) is 41.7 Å². The first-order chi connectivity index (χ1) is 11.9. The second-order valence-electron chi connectivity index (χ2n) is 7.51. The third kappa shape index (κ3) is 2.99. The molecule has 0 bridgehead atoms. The largest absolute Gasteiger partial charge is 0.359 e. The zero-order chi connectivity index (χ0) is 18.2. The van der Waals surface area contributed by atoms with E-state index in [2.05, 4.69) is 72.5 Å². The summed E-state index contributed by atoms with van der Waals surface area (Å²) in [5.74, 6) is 1.53. The van der Waals surface area contributed by atoms with Crippen LogP contribution in [0.3, 0.4) is 0 Å². The van der Waals surface area contributed by atoms with Gasteiger partial charge in [-0.05, 0) is 20.8 Å². The highest BCUT2D eigenvalue weighted by molar-refractivity contribution is 6.04. The fraction of sp³-hybridized carbons (Fsp3) is 0.524. The third-order valence-electron chi connectivity index (χ3n) is 5.60. The molecule has 1 aromatic carbocycles. The smallest absolute Gasteiger partial charge is 0.210 e. The molecule has 2 heterocycles. The van der Waals surface area contributed by atoms with Gasteiger partial charge in [0.05, 0.1) is 5.41 Å². The molecule has 0 amide bonds. The molecule has 0 N–H and O–H groups in total. The summed E-state index contributed by atoms with van der Waals surface area (Å²) in [6.45, 7) is 12.2. The van der Waals surface area contributed by atoms with E-state index in [4.69, 9.17) is 0 Å². The van der Waals surface area contributed by atoms with Crippen molar-refractivity contribution in [2.75, 3.05) is 33.2 Å². The van der Waals surface area contributed by atoms with Gasteiger partial charge in [-0.1, -0.05) is 25.1 Å². The molecule has 1 aromatic rings. The second-order valence-corrected chi connectivity index (χ2v) is 7.51. The third-order valence-corrected chi connectivity index (χ3v) is 5.60. The van der Waals surface area contributed by atoms with Crippen LogP contribution in [0.1, 0.15) is 39.7 Å². The Kier molecular flexibility index (Phi) is 4.72. The van der Waals surface area contributed by atoms with E-state index >= 15 is 0 Å². The number of likely N-dealkylation sites (N-methyl/N-ethyl adjacent to an activating group) is 2. The van der Waals surface area contributed by atoms with Crippen LogP contribution in [0.2, 0.25) is 0 Å². The quantitative estimate of drug-likeness (QED) is 0.771. The van der Waals surface area contributed by atoms with Crippen molar-refractivity contribution in [1.29, 1.82) is 0 Å². The number of allylic oxidation sites excluding steroid dienone is 1. The summed E-state index contributed by atoms with van der Waals surface area (Å²) in [6, 6.07) is 8.49. The summed E-state index contributed by atoms with van der Waals surface area (Å²) < 4.78 is 2.23. The van der Waals surface area contributed by atoms with Gasteiger partial charge in [0.25, 0.3) is 0 Å². The van der Waals surface area contributed by atoms with Crippen LogP contribution in [0.25, 0.3) is 0 Å². The van der Waals surface area contributed by atoms with E-state index in [1.807, 2.05) is 6.92 Å². The molecule has 2 aliphatic heterocycles. The summed E-state index contributed by atoms with van der Waals surface area (Å²) in [5, 5.41) is 0. The molecule has 0 saturated carbocycles. The molecule has 0 spiro atoms. The zero-order valence-corrected chi connectivity index (χ0v) is 16.2. The Labute approximate surface area is 151 Å². The van der Waals surface area contributed by atoms with Gasteiger partial charge in [0.2, 0.25) is 12.2 Å². The molecule has 1 saturated heterocycles. The molecule has 0 aliphatic carbocycles. The number of rotatable bonds is 5. The molecule has 4 nitrogen and oxygen atoms in total. The van der Waals surface area contributed by atoms with Crippen LogP contribution in [0.5, 0.6) is 0 Å². The van der Waals surface area contributed by atoms with Crippen molar-refractivity contribution >= 4 is 17.2 Å². The normalized spacial score (nSPS) is 20.6. The van der Waals surface area contributed by atoms with Crippen molar-refractivity contribution in [2.24, 2.45) is 0 Å². The average Bonchev–Trinajstić information content (AvgIpc) is 3.06. The molecular formula is C21H30N3O+. The Balaban J connectivity index is 2.15. The van der Waals surface area contributed by atoms with E-state index in [9.17, 15) is 4.79 Å². The number of carbonyl (C=O) groups is 1. The molecule has 3 rings (SSSR count). The summed E-state index contributed by atoms with van der Waals surface area (Å²) in [5.41, 5.74) is 3.58. The van der Waals surface area contributed by atoms with Crippen molar-refractivity contribution in [1.82, 2.24) is 9.80 Å². The van der Waals surface area contributed by atoms with Gasteiger partial charge in [-0.25, -0.2) is 0 Å². The van der Waals surface area contributed by atoms with E-state index in [1.165, 1.54) is 22.8 Å². The summed E-state index contributed by atoms with van der Waals surface area (Å²) in [4.78, 5) is 17.0. The predicted molar refractivity (Wildman–Crippen MR) is 103 cm³/mol. The Bertz CT molecular complexity index is 745. The molecule has 2 aliphatic rings. The fourth-order valence-electron chi connectivity index (χ4n) is 3.94. The highest BCUT2D eigenvalue weighted by Crippen LogP contribution is 2.40. The number of ketones is 1. The average molecular weight is 340 g/mol. The molecule has 0 aromatic heterocycles. The number of fused-ring (bicyclic) bond motifs is 1. The van der Waals surface area contributed by atoms with E-state index in [0.717, 1.165) is 19.6 Å². The van der Waals surface area contributed by atoms with Gasteiger partial charge in [0.1, 0.15) is 5.82 Å². The van der Waals surface area contributed by atoms with Crippen LogP contribution in [0.4, 0.5) is 5.69 Å². The van der Waals surface area contributed by atoms with Crippen LogP contribution in [-0.4, -0.2) is 59.1 Å². The first-order valence-electron chi connectivity index (χ1n) is 9.34. The molecule has 0 unspecified atom stereocenters. The van der Waals surface area contributed by atoms with E-state index in [-0.39, 0.29) is 11.2 Å². The standard InChI is InChI=1S/C21H30N3O/c1-6-16(25)15-24-18-11-9-8-10-17(18)21(3,4)19(24)14-20-22(5)12-13-23(20)7-2/h8-11,14H,6-7,12-13,15H2,1-5H3/q+1. The Morgan fingerprint density at radius 3 is 2.64 bits per heavy atom.